The van der Waals surface area contributed by atoms with E-state index in [1.54, 1.807) is 35.9 Å². The van der Waals surface area contributed by atoms with Gasteiger partial charge in [-0.3, -0.25) is 18.7 Å². The van der Waals surface area contributed by atoms with E-state index in [4.69, 9.17) is 4.74 Å². The van der Waals surface area contributed by atoms with Gasteiger partial charge < -0.3 is 14.6 Å². The smallest absolute Gasteiger partial charge is 0.331 e. The summed E-state index contributed by atoms with van der Waals surface area (Å²) in [5.74, 6) is 0.331. The Hall–Kier alpha value is -4.07. The molecule has 0 saturated carbocycles. The number of nitrogens with one attached hydrogen (secondary N) is 1. The van der Waals surface area contributed by atoms with E-state index >= 15 is 0 Å². The van der Waals surface area contributed by atoms with Crippen molar-refractivity contribution in [2.24, 2.45) is 14.1 Å². The zero-order valence-electron chi connectivity index (χ0n) is 18.2. The fourth-order valence-electron chi connectivity index (χ4n) is 3.78. The Balaban J connectivity index is 1.77. The molecule has 0 spiro atoms. The fourth-order valence-corrected chi connectivity index (χ4v) is 3.78. The Labute approximate surface area is 184 Å². The van der Waals surface area contributed by atoms with Crippen molar-refractivity contribution >= 4 is 22.6 Å². The summed E-state index contributed by atoms with van der Waals surface area (Å²) >= 11 is 0. The second-order valence-corrected chi connectivity index (χ2v) is 7.46. The van der Waals surface area contributed by atoms with Gasteiger partial charge in [-0.05, 0) is 36.8 Å². The summed E-state index contributed by atoms with van der Waals surface area (Å²) in [7, 11) is 3.17. The third-order valence-corrected chi connectivity index (χ3v) is 5.29. The molecule has 0 aliphatic heterocycles. The minimum absolute atomic E-state index is 0.236. The molecule has 8 nitrogen and oxygen atoms in total. The van der Waals surface area contributed by atoms with Crippen LogP contribution in [0.3, 0.4) is 0 Å². The monoisotopic (exact) mass is 432 g/mol. The van der Waals surface area contributed by atoms with Crippen LogP contribution in [0.15, 0.2) is 70.4 Å². The summed E-state index contributed by atoms with van der Waals surface area (Å²) in [4.78, 5) is 38.7. The quantitative estimate of drug-likeness (QED) is 0.508. The number of carbonyl (C=O) groups excluding carboxylic acids is 1. The number of hydrogen-bond donors (Lipinski definition) is 1. The Bertz CT molecular complexity index is 1400. The molecular weight excluding hydrogens is 408 g/mol. The van der Waals surface area contributed by atoms with Gasteiger partial charge >= 0.3 is 5.69 Å². The SMILES string of the molecule is CCOc1ccc(NC(=O)Cn2c(=O)n(C)c(=O)c3c2c(-c2ccccc2)cn3C)cc1. The third kappa shape index (κ3) is 3.82. The molecule has 0 atom stereocenters. The van der Waals surface area contributed by atoms with Gasteiger partial charge in [0.15, 0.2) is 0 Å². The fraction of sp³-hybridized carbons (Fsp3) is 0.208. The van der Waals surface area contributed by atoms with Crippen molar-refractivity contribution in [3.63, 3.8) is 0 Å². The van der Waals surface area contributed by atoms with Gasteiger partial charge in [0.1, 0.15) is 17.8 Å². The van der Waals surface area contributed by atoms with Crippen molar-refractivity contribution < 1.29 is 9.53 Å². The van der Waals surface area contributed by atoms with E-state index in [-0.39, 0.29) is 12.5 Å². The van der Waals surface area contributed by atoms with Crippen LogP contribution in [0.5, 0.6) is 5.75 Å². The average Bonchev–Trinajstić information content (AvgIpc) is 3.14. The van der Waals surface area contributed by atoms with Gasteiger partial charge in [0.25, 0.3) is 5.56 Å². The zero-order chi connectivity index (χ0) is 22.8. The first-order valence-corrected chi connectivity index (χ1v) is 10.3. The van der Waals surface area contributed by atoms with Crippen LogP contribution in [0.25, 0.3) is 22.2 Å². The summed E-state index contributed by atoms with van der Waals surface area (Å²) < 4.78 is 9.49. The molecule has 0 radical (unpaired) electrons. The van der Waals surface area contributed by atoms with Crippen LogP contribution in [-0.2, 0) is 25.4 Å². The first-order valence-electron chi connectivity index (χ1n) is 10.3. The first-order chi connectivity index (χ1) is 15.4. The maximum absolute atomic E-state index is 13.0. The summed E-state index contributed by atoms with van der Waals surface area (Å²) in [6, 6.07) is 16.5. The van der Waals surface area contributed by atoms with Crippen molar-refractivity contribution in [3.05, 3.63) is 81.6 Å². The number of ether oxygens (including phenoxy) is 1. The molecule has 8 heteroatoms. The Morgan fingerprint density at radius 3 is 2.31 bits per heavy atom. The standard InChI is InChI=1S/C24H24N4O4/c1-4-32-18-12-10-17(11-13-18)25-20(29)15-28-21-19(16-8-6-5-7-9-16)14-26(2)22(21)23(30)27(3)24(28)31/h5-14H,4,15H2,1-3H3,(H,25,29). The van der Waals surface area contributed by atoms with E-state index < -0.39 is 11.2 Å². The van der Waals surface area contributed by atoms with Crippen molar-refractivity contribution in [3.8, 4) is 16.9 Å². The van der Waals surface area contributed by atoms with Gasteiger partial charge in [-0.1, -0.05) is 30.3 Å². The Morgan fingerprint density at radius 2 is 1.66 bits per heavy atom. The summed E-state index contributed by atoms with van der Waals surface area (Å²) in [6.07, 6.45) is 1.81. The van der Waals surface area contributed by atoms with Crippen molar-refractivity contribution in [2.45, 2.75) is 13.5 Å². The number of amides is 1. The molecule has 2 heterocycles. The molecule has 0 unspecified atom stereocenters. The largest absolute Gasteiger partial charge is 0.494 e. The Kier molecular flexibility index (Phi) is 5.68. The molecule has 4 rings (SSSR count). The molecule has 0 aliphatic rings. The van der Waals surface area contributed by atoms with Crippen molar-refractivity contribution in [1.29, 1.82) is 0 Å². The van der Waals surface area contributed by atoms with Crippen LogP contribution in [0.2, 0.25) is 0 Å². The van der Waals surface area contributed by atoms with Crippen molar-refractivity contribution in [2.75, 3.05) is 11.9 Å². The summed E-state index contributed by atoms with van der Waals surface area (Å²) in [5.41, 5.74) is 2.00. The molecule has 2 aromatic heterocycles. The van der Waals surface area contributed by atoms with Crippen LogP contribution in [0.4, 0.5) is 5.69 Å². The van der Waals surface area contributed by atoms with Crippen LogP contribution in [0, 0.1) is 0 Å². The minimum atomic E-state index is -0.548. The van der Waals surface area contributed by atoms with Crippen LogP contribution in [-0.4, -0.2) is 26.2 Å². The second-order valence-electron chi connectivity index (χ2n) is 7.46. The molecule has 1 N–H and O–H groups in total. The van der Waals surface area contributed by atoms with E-state index in [9.17, 15) is 14.4 Å². The predicted octanol–water partition coefficient (Wildman–Crippen LogP) is 2.74. The van der Waals surface area contributed by atoms with Crippen LogP contribution >= 0.6 is 0 Å². The minimum Gasteiger partial charge on any atom is -0.494 e. The number of hydrogen-bond acceptors (Lipinski definition) is 4. The lowest BCUT2D eigenvalue weighted by molar-refractivity contribution is -0.116. The first kappa shape index (κ1) is 21.2. The van der Waals surface area contributed by atoms with Crippen LogP contribution < -0.4 is 21.3 Å². The number of aryl methyl sites for hydroxylation is 1. The molecule has 4 aromatic rings. The molecule has 0 saturated heterocycles. The molecule has 0 fully saturated rings. The number of anilines is 1. The van der Waals surface area contributed by atoms with Gasteiger partial charge in [-0.25, -0.2) is 4.79 Å². The zero-order valence-corrected chi connectivity index (χ0v) is 18.2. The normalized spacial score (nSPS) is 11.0. The molecule has 0 bridgehead atoms. The molecule has 2 aromatic carbocycles. The van der Waals surface area contributed by atoms with E-state index in [0.717, 1.165) is 10.1 Å². The van der Waals surface area contributed by atoms with E-state index in [1.807, 2.05) is 43.5 Å². The highest BCUT2D eigenvalue weighted by Gasteiger charge is 2.20. The number of fused-ring (bicyclic) bond motifs is 1. The number of benzene rings is 2. The van der Waals surface area contributed by atoms with Gasteiger partial charge in [-0.2, -0.15) is 0 Å². The maximum atomic E-state index is 13.0. The molecule has 0 aliphatic carbocycles. The van der Waals surface area contributed by atoms with E-state index in [1.165, 1.54) is 11.6 Å². The van der Waals surface area contributed by atoms with Gasteiger partial charge in [0.2, 0.25) is 5.91 Å². The number of aromatic nitrogens is 3. The highest BCUT2D eigenvalue weighted by molar-refractivity contribution is 5.95. The number of rotatable bonds is 6. The number of carbonyl (C=O) groups is 1. The number of nitrogens with zero attached hydrogens (tertiary/aromatic N) is 3. The summed E-state index contributed by atoms with van der Waals surface area (Å²) in [6.45, 7) is 2.22. The average molecular weight is 432 g/mol. The highest BCUT2D eigenvalue weighted by atomic mass is 16.5. The lowest BCUT2D eigenvalue weighted by Crippen LogP contribution is -2.40. The van der Waals surface area contributed by atoms with Gasteiger partial charge in [0, 0.05) is 31.5 Å². The second kappa shape index (κ2) is 8.58. The lowest BCUT2D eigenvalue weighted by Gasteiger charge is -2.12. The Morgan fingerprint density at radius 1 is 0.969 bits per heavy atom. The van der Waals surface area contributed by atoms with Gasteiger partial charge in [-0.15, -0.1) is 0 Å². The van der Waals surface area contributed by atoms with Crippen LogP contribution in [0.1, 0.15) is 6.92 Å². The van der Waals surface area contributed by atoms with E-state index in [2.05, 4.69) is 5.32 Å². The molecule has 164 valence electrons. The lowest BCUT2D eigenvalue weighted by atomic mass is 10.1. The predicted molar refractivity (Wildman–Crippen MR) is 124 cm³/mol. The highest BCUT2D eigenvalue weighted by Crippen LogP contribution is 2.28. The van der Waals surface area contributed by atoms with Gasteiger partial charge in [0.05, 0.1) is 12.1 Å². The van der Waals surface area contributed by atoms with E-state index in [0.29, 0.717) is 34.6 Å². The molecule has 32 heavy (non-hydrogen) atoms. The summed E-state index contributed by atoms with van der Waals surface area (Å²) in [5, 5.41) is 2.80. The van der Waals surface area contributed by atoms with Crippen molar-refractivity contribution in [1.82, 2.24) is 13.7 Å². The third-order valence-electron chi connectivity index (χ3n) is 5.29. The topological polar surface area (TPSA) is 87.3 Å². The molecule has 1 amide bonds. The maximum Gasteiger partial charge on any atom is 0.331 e. The molecular formula is C24H24N4O4.